The Hall–Kier alpha value is -1.18. The van der Waals surface area contributed by atoms with E-state index in [0.29, 0.717) is 16.8 Å². The molecule has 0 unspecified atom stereocenters. The van der Waals surface area contributed by atoms with Crippen molar-refractivity contribution >= 4 is 33.0 Å². The van der Waals surface area contributed by atoms with Gasteiger partial charge in [0.1, 0.15) is 0 Å². The highest BCUT2D eigenvalue weighted by Gasteiger charge is 2.17. The maximum atomic E-state index is 12.1. The van der Waals surface area contributed by atoms with E-state index in [1.165, 1.54) is 18.4 Å². The molecule has 0 amide bonds. The Morgan fingerprint density at radius 3 is 2.43 bits per heavy atom. The van der Waals surface area contributed by atoms with Crippen molar-refractivity contribution in [3.05, 3.63) is 24.3 Å². The molecule has 0 saturated carbocycles. The van der Waals surface area contributed by atoms with Crippen LogP contribution in [-0.4, -0.2) is 38.0 Å². The zero-order valence-corrected chi connectivity index (χ0v) is 14.5. The third kappa shape index (κ3) is 4.94. The molecule has 0 aliphatic rings. The Kier molecular flexibility index (Phi) is 6.57. The van der Waals surface area contributed by atoms with E-state index in [9.17, 15) is 8.42 Å². The average Bonchev–Trinajstić information content (AvgIpc) is 2.44. The Morgan fingerprint density at radius 1 is 1.29 bits per heavy atom. The molecule has 0 aromatic heterocycles. The third-order valence-electron chi connectivity index (χ3n) is 3.19. The molecule has 1 aromatic carbocycles. The van der Waals surface area contributed by atoms with Gasteiger partial charge in [0.25, 0.3) is 0 Å². The van der Waals surface area contributed by atoms with Gasteiger partial charge in [-0.15, -0.1) is 0 Å². The van der Waals surface area contributed by atoms with Gasteiger partial charge in [-0.05, 0) is 43.3 Å². The van der Waals surface area contributed by atoms with Crippen molar-refractivity contribution in [2.75, 3.05) is 19.4 Å². The van der Waals surface area contributed by atoms with Gasteiger partial charge in [0.05, 0.1) is 4.90 Å². The first-order valence-electron chi connectivity index (χ1n) is 6.91. The molecular weight excluding hydrogens is 306 g/mol. The second kappa shape index (κ2) is 7.72. The number of anilines is 1. The number of hydrogen-bond acceptors (Lipinski definition) is 3. The molecule has 0 atom stereocenters. The molecule has 0 radical (unpaired) electrons. The van der Waals surface area contributed by atoms with Gasteiger partial charge in [-0.3, -0.25) is 0 Å². The van der Waals surface area contributed by atoms with Crippen molar-refractivity contribution in [3.8, 4) is 0 Å². The summed E-state index contributed by atoms with van der Waals surface area (Å²) in [6.45, 7) is 4.18. The predicted molar refractivity (Wildman–Crippen MR) is 91.0 cm³/mol. The van der Waals surface area contributed by atoms with Crippen LogP contribution < -0.4 is 10.6 Å². The topological polar surface area (TPSA) is 61.4 Å². The zero-order valence-electron chi connectivity index (χ0n) is 12.9. The van der Waals surface area contributed by atoms with Crippen molar-refractivity contribution in [1.29, 1.82) is 0 Å². The summed E-state index contributed by atoms with van der Waals surface area (Å²) in [6, 6.07) is 6.95. The minimum atomic E-state index is -3.44. The highest BCUT2D eigenvalue weighted by atomic mass is 32.2. The third-order valence-corrected chi connectivity index (χ3v) is 5.22. The van der Waals surface area contributed by atoms with Crippen LogP contribution >= 0.6 is 12.2 Å². The smallest absolute Gasteiger partial charge is 0.242 e. The first kappa shape index (κ1) is 17.9. The van der Waals surface area contributed by atoms with E-state index >= 15 is 0 Å². The predicted octanol–water partition coefficient (Wildman–Crippen LogP) is 2.41. The van der Waals surface area contributed by atoms with Gasteiger partial charge in [0.15, 0.2) is 5.11 Å². The van der Waals surface area contributed by atoms with Gasteiger partial charge < -0.3 is 10.6 Å². The molecule has 0 aliphatic carbocycles. The normalized spacial score (nSPS) is 11.7. The standard InChI is InChI=1S/C14H23N3O2S2/c1-5-11(6-2)15-14(20)16-12-8-7-9-13(10-12)21(18,19)17(3)4/h7-11H,5-6H2,1-4H3,(H2,15,16,20). The van der Waals surface area contributed by atoms with Crippen LogP contribution in [0.2, 0.25) is 0 Å². The Balaban J connectivity index is 2.85. The van der Waals surface area contributed by atoms with Gasteiger partial charge in [-0.25, -0.2) is 12.7 Å². The van der Waals surface area contributed by atoms with Gasteiger partial charge in [0, 0.05) is 25.8 Å². The maximum Gasteiger partial charge on any atom is 0.242 e. The first-order chi connectivity index (χ1) is 9.81. The molecule has 5 nitrogen and oxygen atoms in total. The van der Waals surface area contributed by atoms with E-state index in [4.69, 9.17) is 12.2 Å². The summed E-state index contributed by atoms with van der Waals surface area (Å²) in [7, 11) is -0.421. The van der Waals surface area contributed by atoms with E-state index < -0.39 is 10.0 Å². The summed E-state index contributed by atoms with van der Waals surface area (Å²) < 4.78 is 25.4. The summed E-state index contributed by atoms with van der Waals surface area (Å²) in [5, 5.41) is 6.74. The van der Waals surface area contributed by atoms with E-state index in [2.05, 4.69) is 24.5 Å². The van der Waals surface area contributed by atoms with Crippen LogP contribution in [0.25, 0.3) is 0 Å². The van der Waals surface area contributed by atoms with Crippen molar-refractivity contribution < 1.29 is 8.42 Å². The van der Waals surface area contributed by atoms with Gasteiger partial charge in [-0.1, -0.05) is 19.9 Å². The number of nitrogens with zero attached hydrogens (tertiary/aromatic N) is 1. The molecule has 7 heteroatoms. The van der Waals surface area contributed by atoms with Crippen LogP contribution in [0, 0.1) is 0 Å². The van der Waals surface area contributed by atoms with E-state index in [1.54, 1.807) is 24.3 Å². The molecule has 0 spiro atoms. The Morgan fingerprint density at radius 2 is 1.90 bits per heavy atom. The molecule has 1 rings (SSSR count). The zero-order chi connectivity index (χ0) is 16.0. The van der Waals surface area contributed by atoms with Crippen LogP contribution in [0.4, 0.5) is 5.69 Å². The summed E-state index contributed by atoms with van der Waals surface area (Å²) in [6.07, 6.45) is 1.96. The van der Waals surface area contributed by atoms with Crippen LogP contribution in [0.3, 0.4) is 0 Å². The lowest BCUT2D eigenvalue weighted by atomic mass is 10.2. The fourth-order valence-corrected chi connectivity index (χ4v) is 3.02. The summed E-state index contributed by atoms with van der Waals surface area (Å²) >= 11 is 5.25. The summed E-state index contributed by atoms with van der Waals surface area (Å²) in [5.41, 5.74) is 0.654. The second-order valence-corrected chi connectivity index (χ2v) is 7.49. The summed E-state index contributed by atoms with van der Waals surface area (Å²) in [4.78, 5) is 0.239. The van der Waals surface area contributed by atoms with Crippen molar-refractivity contribution in [2.45, 2.75) is 37.6 Å². The molecule has 0 fully saturated rings. The van der Waals surface area contributed by atoms with Crippen molar-refractivity contribution in [2.24, 2.45) is 0 Å². The molecule has 0 bridgehead atoms. The SMILES string of the molecule is CCC(CC)NC(=S)Nc1cccc(S(=O)(=O)N(C)C)c1. The van der Waals surface area contributed by atoms with Gasteiger partial charge in [-0.2, -0.15) is 0 Å². The van der Waals surface area contributed by atoms with Crippen LogP contribution in [0.1, 0.15) is 26.7 Å². The minimum absolute atomic E-state index is 0.239. The van der Waals surface area contributed by atoms with Crippen LogP contribution in [-0.2, 0) is 10.0 Å². The fraction of sp³-hybridized carbons (Fsp3) is 0.500. The first-order valence-corrected chi connectivity index (χ1v) is 8.76. The molecule has 1 aromatic rings. The number of thiocarbonyl (C=S) groups is 1. The molecule has 21 heavy (non-hydrogen) atoms. The quantitative estimate of drug-likeness (QED) is 0.785. The Bertz CT molecular complexity index is 582. The number of benzene rings is 1. The lowest BCUT2D eigenvalue weighted by Gasteiger charge is -2.18. The second-order valence-electron chi connectivity index (χ2n) is 4.93. The molecule has 0 heterocycles. The lowest BCUT2D eigenvalue weighted by molar-refractivity contribution is 0.521. The van der Waals surface area contributed by atoms with E-state index in [-0.39, 0.29) is 4.90 Å². The van der Waals surface area contributed by atoms with E-state index in [0.717, 1.165) is 12.8 Å². The number of nitrogens with one attached hydrogen (secondary N) is 2. The van der Waals surface area contributed by atoms with Crippen LogP contribution in [0.15, 0.2) is 29.2 Å². The molecule has 0 saturated heterocycles. The molecular formula is C14H23N3O2S2. The number of hydrogen-bond donors (Lipinski definition) is 2. The van der Waals surface area contributed by atoms with Crippen molar-refractivity contribution in [3.63, 3.8) is 0 Å². The molecule has 2 N–H and O–H groups in total. The van der Waals surface area contributed by atoms with E-state index in [1.807, 2.05) is 0 Å². The highest BCUT2D eigenvalue weighted by Crippen LogP contribution is 2.18. The van der Waals surface area contributed by atoms with Gasteiger partial charge in [0.2, 0.25) is 10.0 Å². The van der Waals surface area contributed by atoms with Crippen LogP contribution in [0.5, 0.6) is 0 Å². The number of rotatable bonds is 6. The molecule has 118 valence electrons. The highest BCUT2D eigenvalue weighted by molar-refractivity contribution is 7.89. The average molecular weight is 329 g/mol. The largest absolute Gasteiger partial charge is 0.360 e. The van der Waals surface area contributed by atoms with Gasteiger partial charge >= 0.3 is 0 Å². The van der Waals surface area contributed by atoms with Crippen molar-refractivity contribution in [1.82, 2.24) is 9.62 Å². The monoisotopic (exact) mass is 329 g/mol. The fourth-order valence-electron chi connectivity index (χ4n) is 1.79. The lowest BCUT2D eigenvalue weighted by Crippen LogP contribution is -2.36. The molecule has 0 aliphatic heterocycles. The number of sulfonamides is 1. The Labute approximate surface area is 132 Å². The minimum Gasteiger partial charge on any atom is -0.360 e. The maximum absolute atomic E-state index is 12.1. The summed E-state index contributed by atoms with van der Waals surface area (Å²) in [5.74, 6) is 0.